The molecule has 1 aromatic carbocycles. The first kappa shape index (κ1) is 17.5. The molecule has 1 rings (SSSR count). The molecule has 8 nitrogen and oxygen atoms in total. The minimum atomic E-state index is -4.48. The van der Waals surface area contributed by atoms with E-state index in [4.69, 9.17) is 15.9 Å². The molecule has 116 valence electrons. The smallest absolute Gasteiger partial charge is 0.338 e. The number of rotatable bonds is 6. The van der Waals surface area contributed by atoms with E-state index in [0.717, 1.165) is 12.1 Å². The van der Waals surface area contributed by atoms with Crippen LogP contribution in [0.1, 0.15) is 10.4 Å². The highest BCUT2D eigenvalue weighted by Crippen LogP contribution is 2.24. The van der Waals surface area contributed by atoms with Crippen molar-refractivity contribution in [1.82, 2.24) is 4.72 Å². The lowest BCUT2D eigenvalue weighted by Crippen LogP contribution is -2.40. The number of aliphatic hydroxyl groups excluding tert-OH is 1. The third-order valence-corrected chi connectivity index (χ3v) is 4.20. The second kappa shape index (κ2) is 6.47. The topological polar surface area (TPSA) is 147 Å². The molecule has 0 aliphatic carbocycles. The van der Waals surface area contributed by atoms with Gasteiger partial charge < -0.3 is 15.9 Å². The van der Waals surface area contributed by atoms with Crippen molar-refractivity contribution in [3.8, 4) is 0 Å². The molecular weight excluding hydrogens is 375 g/mol. The Morgan fingerprint density at radius 2 is 2.00 bits per heavy atom. The maximum Gasteiger partial charge on any atom is 0.338 e. The SMILES string of the molecule is NC(=O)C(O)CNS(=O)(=O)c1cc(Br)cc(C(=O)O)c1F. The summed E-state index contributed by atoms with van der Waals surface area (Å²) in [5.74, 6) is -4.28. The van der Waals surface area contributed by atoms with E-state index in [2.05, 4.69) is 15.9 Å². The van der Waals surface area contributed by atoms with Crippen molar-refractivity contribution in [2.75, 3.05) is 6.54 Å². The molecule has 1 amide bonds. The number of carbonyl (C=O) groups is 2. The highest BCUT2D eigenvalue weighted by atomic mass is 79.9. The second-order valence-corrected chi connectivity index (χ2v) is 6.49. The molecule has 0 saturated heterocycles. The van der Waals surface area contributed by atoms with Crippen LogP contribution in [0, 0.1) is 5.82 Å². The quantitative estimate of drug-likeness (QED) is 0.515. The Hall–Kier alpha value is -1.56. The monoisotopic (exact) mass is 384 g/mol. The predicted molar refractivity (Wildman–Crippen MR) is 71.4 cm³/mol. The molecule has 1 aromatic rings. The van der Waals surface area contributed by atoms with Crippen LogP contribution in [0.2, 0.25) is 0 Å². The number of hydrogen-bond donors (Lipinski definition) is 4. The van der Waals surface area contributed by atoms with Crippen LogP contribution in [-0.4, -0.2) is 43.2 Å². The first-order valence-electron chi connectivity index (χ1n) is 5.25. The van der Waals surface area contributed by atoms with Gasteiger partial charge in [0.2, 0.25) is 15.9 Å². The van der Waals surface area contributed by atoms with Gasteiger partial charge in [0.1, 0.15) is 11.0 Å². The lowest BCUT2D eigenvalue weighted by atomic mass is 10.2. The number of halogens is 2. The maximum atomic E-state index is 13.9. The second-order valence-electron chi connectivity index (χ2n) is 3.84. The lowest BCUT2D eigenvalue weighted by Gasteiger charge is -2.11. The Labute approximate surface area is 126 Å². The van der Waals surface area contributed by atoms with Crippen molar-refractivity contribution < 1.29 is 32.6 Å². The average molecular weight is 385 g/mol. The third-order valence-electron chi connectivity index (χ3n) is 2.32. The van der Waals surface area contributed by atoms with Crippen LogP contribution in [0.5, 0.6) is 0 Å². The van der Waals surface area contributed by atoms with Gasteiger partial charge in [0.25, 0.3) is 0 Å². The summed E-state index contributed by atoms with van der Waals surface area (Å²) in [6.45, 7) is -0.772. The van der Waals surface area contributed by atoms with Crippen molar-refractivity contribution in [1.29, 1.82) is 0 Å². The minimum Gasteiger partial charge on any atom is -0.478 e. The number of nitrogens with two attached hydrogens (primary N) is 1. The van der Waals surface area contributed by atoms with E-state index >= 15 is 0 Å². The maximum absolute atomic E-state index is 13.9. The fourth-order valence-corrected chi connectivity index (χ4v) is 3.05. The Morgan fingerprint density at radius 1 is 1.43 bits per heavy atom. The number of aromatic carboxylic acids is 1. The van der Waals surface area contributed by atoms with Crippen LogP contribution in [0.4, 0.5) is 4.39 Å². The summed E-state index contributed by atoms with van der Waals surface area (Å²) in [6.07, 6.45) is -1.80. The summed E-state index contributed by atoms with van der Waals surface area (Å²) in [5, 5.41) is 17.9. The molecule has 0 saturated carbocycles. The van der Waals surface area contributed by atoms with E-state index < -0.39 is 50.8 Å². The Bertz CT molecular complexity index is 693. The summed E-state index contributed by atoms with van der Waals surface area (Å²) in [5.41, 5.74) is 3.89. The number of aliphatic hydroxyl groups is 1. The van der Waals surface area contributed by atoms with Crippen molar-refractivity contribution in [3.05, 3.63) is 28.0 Å². The van der Waals surface area contributed by atoms with Crippen molar-refractivity contribution in [2.45, 2.75) is 11.0 Å². The number of benzene rings is 1. The fourth-order valence-electron chi connectivity index (χ4n) is 1.28. The third kappa shape index (κ3) is 4.20. The molecule has 0 spiro atoms. The predicted octanol–water partition coefficient (Wildman–Crippen LogP) is -0.589. The van der Waals surface area contributed by atoms with Crippen LogP contribution < -0.4 is 10.5 Å². The van der Waals surface area contributed by atoms with Crippen LogP contribution in [0.25, 0.3) is 0 Å². The number of primary amides is 1. The van der Waals surface area contributed by atoms with Gasteiger partial charge >= 0.3 is 5.97 Å². The fraction of sp³-hybridized carbons (Fsp3) is 0.200. The zero-order valence-corrected chi connectivity index (χ0v) is 12.6. The van der Waals surface area contributed by atoms with Gasteiger partial charge in [-0.1, -0.05) is 15.9 Å². The largest absolute Gasteiger partial charge is 0.478 e. The Balaban J connectivity index is 3.20. The van der Waals surface area contributed by atoms with Gasteiger partial charge in [0.05, 0.1) is 5.56 Å². The molecule has 0 bridgehead atoms. The van der Waals surface area contributed by atoms with Crippen LogP contribution >= 0.6 is 15.9 Å². The van der Waals surface area contributed by atoms with Crippen molar-refractivity contribution >= 4 is 37.8 Å². The van der Waals surface area contributed by atoms with E-state index in [1.54, 1.807) is 4.72 Å². The zero-order valence-electron chi connectivity index (χ0n) is 10.2. The molecule has 0 fully saturated rings. The molecule has 1 unspecified atom stereocenters. The lowest BCUT2D eigenvalue weighted by molar-refractivity contribution is -0.125. The zero-order chi connectivity index (χ0) is 16.4. The molecule has 0 aliphatic heterocycles. The van der Waals surface area contributed by atoms with E-state index in [0.29, 0.717) is 0 Å². The normalized spacial score (nSPS) is 12.9. The molecule has 11 heteroatoms. The standard InChI is InChI=1S/C10H10BrFN2O6S/c11-4-1-5(10(17)18)8(12)7(2-4)21(19,20)14-3-6(15)9(13)16/h1-2,6,14-15H,3H2,(H2,13,16)(H,17,18). The number of amides is 1. The van der Waals surface area contributed by atoms with Crippen molar-refractivity contribution in [2.24, 2.45) is 5.73 Å². The molecule has 0 aromatic heterocycles. The Morgan fingerprint density at radius 3 is 2.48 bits per heavy atom. The van der Waals surface area contributed by atoms with E-state index in [1.807, 2.05) is 0 Å². The van der Waals surface area contributed by atoms with Gasteiger partial charge in [0.15, 0.2) is 5.82 Å². The number of nitrogens with one attached hydrogen (secondary N) is 1. The summed E-state index contributed by atoms with van der Waals surface area (Å²) >= 11 is 2.87. The molecular formula is C10H10BrFN2O6S. The Kier molecular flexibility index (Phi) is 5.39. The van der Waals surface area contributed by atoms with E-state index in [9.17, 15) is 22.4 Å². The number of carbonyl (C=O) groups excluding carboxylic acids is 1. The van der Waals surface area contributed by atoms with Gasteiger partial charge in [-0.25, -0.2) is 22.3 Å². The number of carboxylic acid groups (broad SMARTS) is 1. The average Bonchev–Trinajstić information content (AvgIpc) is 2.37. The summed E-state index contributed by atoms with van der Waals surface area (Å²) in [7, 11) is -4.48. The summed E-state index contributed by atoms with van der Waals surface area (Å²) in [6, 6.07) is 1.75. The number of carboxylic acids is 1. The first-order valence-corrected chi connectivity index (χ1v) is 7.53. The molecule has 1 atom stereocenters. The van der Waals surface area contributed by atoms with Gasteiger partial charge in [-0.3, -0.25) is 4.79 Å². The van der Waals surface area contributed by atoms with Gasteiger partial charge in [-0.15, -0.1) is 0 Å². The number of sulfonamides is 1. The molecule has 0 heterocycles. The summed E-state index contributed by atoms with van der Waals surface area (Å²) < 4.78 is 39.4. The van der Waals surface area contributed by atoms with Crippen molar-refractivity contribution in [3.63, 3.8) is 0 Å². The number of hydrogen-bond acceptors (Lipinski definition) is 5. The first-order chi connectivity index (χ1) is 9.56. The van der Waals surface area contributed by atoms with Gasteiger partial charge in [-0.2, -0.15) is 0 Å². The highest BCUT2D eigenvalue weighted by molar-refractivity contribution is 9.10. The van der Waals surface area contributed by atoms with Gasteiger partial charge in [-0.05, 0) is 12.1 Å². The summed E-state index contributed by atoms with van der Waals surface area (Å²) in [4.78, 5) is 20.5. The molecule has 0 radical (unpaired) electrons. The molecule has 21 heavy (non-hydrogen) atoms. The molecule has 0 aliphatic rings. The van der Waals surface area contributed by atoms with Gasteiger partial charge in [0, 0.05) is 11.0 Å². The minimum absolute atomic E-state index is 0.0251. The van der Waals surface area contributed by atoms with Crippen LogP contribution in [0.3, 0.4) is 0 Å². The molecule has 5 N–H and O–H groups in total. The van der Waals surface area contributed by atoms with Crippen LogP contribution in [-0.2, 0) is 14.8 Å². The van der Waals surface area contributed by atoms with Crippen LogP contribution in [0.15, 0.2) is 21.5 Å². The van der Waals surface area contributed by atoms with E-state index in [-0.39, 0.29) is 4.47 Å². The van der Waals surface area contributed by atoms with E-state index in [1.165, 1.54) is 0 Å². The highest BCUT2D eigenvalue weighted by Gasteiger charge is 2.26.